The molecule has 1 aromatic heterocycles. The van der Waals surface area contributed by atoms with Crippen molar-refractivity contribution < 1.29 is 32.6 Å². The van der Waals surface area contributed by atoms with Gasteiger partial charge in [0.25, 0.3) is 0 Å². The van der Waals surface area contributed by atoms with E-state index in [2.05, 4.69) is 4.98 Å². The second-order valence-electron chi connectivity index (χ2n) is 9.75. The van der Waals surface area contributed by atoms with Gasteiger partial charge in [-0.25, -0.2) is 8.78 Å². The molecule has 1 aliphatic rings. The fourth-order valence-corrected chi connectivity index (χ4v) is 4.76. The van der Waals surface area contributed by atoms with Crippen LogP contribution in [0.4, 0.5) is 8.78 Å². The first kappa shape index (κ1) is 26.3. The normalized spacial score (nSPS) is 13.7. The monoisotopic (exact) mass is 531 g/mol. The Labute approximate surface area is 224 Å². The van der Waals surface area contributed by atoms with Crippen molar-refractivity contribution in [1.29, 1.82) is 0 Å². The number of methoxy groups -OCH3 is 2. The average Bonchev–Trinajstić information content (AvgIpc) is 3.74. The highest BCUT2D eigenvalue weighted by molar-refractivity contribution is 6.11. The lowest BCUT2D eigenvalue weighted by Gasteiger charge is -2.16. The predicted molar refractivity (Wildman–Crippen MR) is 142 cm³/mol. The molecule has 0 N–H and O–H groups in total. The smallest absolute Gasteiger partial charge is 0.166 e. The van der Waals surface area contributed by atoms with Crippen LogP contribution in [-0.4, -0.2) is 30.8 Å². The fourth-order valence-electron chi connectivity index (χ4n) is 4.76. The Balaban J connectivity index is 1.35. The van der Waals surface area contributed by atoms with Crippen molar-refractivity contribution in [2.45, 2.75) is 32.6 Å². The molecule has 0 atom stereocenters. The lowest BCUT2D eigenvalue weighted by molar-refractivity contribution is -0.133. The van der Waals surface area contributed by atoms with Gasteiger partial charge in [0.1, 0.15) is 11.6 Å². The molecule has 6 nitrogen and oxygen atoms in total. The maximum atomic E-state index is 15.2. The lowest BCUT2D eigenvalue weighted by Crippen LogP contribution is -2.29. The average molecular weight is 532 g/mol. The van der Waals surface area contributed by atoms with Crippen LogP contribution in [0.1, 0.15) is 29.5 Å². The zero-order valence-electron chi connectivity index (χ0n) is 21.8. The molecule has 0 saturated heterocycles. The quantitative estimate of drug-likeness (QED) is 0.223. The summed E-state index contributed by atoms with van der Waals surface area (Å²) in [6.45, 7) is 1.77. The van der Waals surface area contributed by atoms with Crippen LogP contribution >= 0.6 is 0 Å². The fraction of sp³-hybridized carbons (Fsp3) is 0.258. The molecule has 0 aliphatic heterocycles. The van der Waals surface area contributed by atoms with Gasteiger partial charge in [-0.1, -0.05) is 12.1 Å². The van der Waals surface area contributed by atoms with Gasteiger partial charge in [-0.05, 0) is 72.9 Å². The van der Waals surface area contributed by atoms with Crippen LogP contribution in [0.2, 0.25) is 0 Å². The maximum absolute atomic E-state index is 15.2. The molecule has 1 fully saturated rings. The molecule has 0 spiro atoms. The van der Waals surface area contributed by atoms with E-state index in [-0.39, 0.29) is 36.0 Å². The Morgan fingerprint density at radius 2 is 1.51 bits per heavy atom. The summed E-state index contributed by atoms with van der Waals surface area (Å²) in [5.41, 5.74) is 1.35. The predicted octanol–water partition coefficient (Wildman–Crippen LogP) is 6.33. The van der Waals surface area contributed by atoms with Gasteiger partial charge in [-0.3, -0.25) is 14.6 Å². The van der Waals surface area contributed by atoms with Crippen molar-refractivity contribution in [3.63, 3.8) is 0 Å². The Hall–Kier alpha value is -4.33. The first-order valence-corrected chi connectivity index (χ1v) is 12.5. The number of aromatic nitrogens is 1. The van der Waals surface area contributed by atoms with E-state index >= 15 is 4.39 Å². The maximum Gasteiger partial charge on any atom is 0.166 e. The highest BCUT2D eigenvalue weighted by atomic mass is 19.1. The molecule has 8 heteroatoms. The minimum absolute atomic E-state index is 0.000458. The number of fused-ring (bicyclic) bond motifs is 1. The summed E-state index contributed by atoms with van der Waals surface area (Å²) in [7, 11) is 3.05. The Morgan fingerprint density at radius 3 is 2.18 bits per heavy atom. The molecule has 5 rings (SSSR count). The number of benzene rings is 3. The van der Waals surface area contributed by atoms with Crippen LogP contribution in [0.3, 0.4) is 0 Å². The third-order valence-electron chi connectivity index (χ3n) is 7.26. The van der Waals surface area contributed by atoms with Crippen LogP contribution in [0, 0.1) is 24.0 Å². The van der Waals surface area contributed by atoms with Gasteiger partial charge >= 0.3 is 0 Å². The third-order valence-corrected chi connectivity index (χ3v) is 7.26. The van der Waals surface area contributed by atoms with Gasteiger partial charge in [0.15, 0.2) is 34.6 Å². The minimum atomic E-state index is -1.05. The number of nitrogens with zero attached hydrogens (tertiary/aromatic N) is 1. The number of rotatable bonds is 10. The molecular formula is C31H27F2NO5. The number of ether oxygens (including phenoxy) is 3. The van der Waals surface area contributed by atoms with E-state index in [1.54, 1.807) is 49.5 Å². The third kappa shape index (κ3) is 5.19. The summed E-state index contributed by atoms with van der Waals surface area (Å²) < 4.78 is 45.1. The summed E-state index contributed by atoms with van der Waals surface area (Å²) in [5.74, 6) is -0.0555. The van der Waals surface area contributed by atoms with Crippen LogP contribution < -0.4 is 14.2 Å². The van der Waals surface area contributed by atoms with Gasteiger partial charge in [-0.2, -0.15) is 0 Å². The standard InChI is InChI=1S/C31H27F2NO5/c1-18-12-26(39-25-8-11-34-24-17-28(38-3)27(37-2)16-22(24)25)23(33)14-20(18)15-30(36)31(9-10-31)29(35)13-19-4-6-21(32)7-5-19/h4-8,11-12,14,16-17H,9-10,13,15H2,1-3H3. The van der Waals surface area contributed by atoms with E-state index < -0.39 is 11.2 Å². The topological polar surface area (TPSA) is 74.7 Å². The molecule has 1 saturated carbocycles. The van der Waals surface area contributed by atoms with Crippen molar-refractivity contribution >= 4 is 22.5 Å². The summed E-state index contributed by atoms with van der Waals surface area (Å²) in [6, 6.07) is 13.6. The van der Waals surface area contributed by atoms with Crippen molar-refractivity contribution in [1.82, 2.24) is 4.98 Å². The number of hydrogen-bond donors (Lipinski definition) is 0. The molecule has 39 heavy (non-hydrogen) atoms. The van der Waals surface area contributed by atoms with Crippen molar-refractivity contribution in [3.05, 3.63) is 89.1 Å². The summed E-state index contributed by atoms with van der Waals surface area (Å²) in [6.07, 6.45) is 2.49. The molecule has 200 valence electrons. The number of halogens is 2. The number of carbonyl (C=O) groups is 2. The minimum Gasteiger partial charge on any atom is -0.493 e. The molecule has 4 aromatic rings. The first-order valence-electron chi connectivity index (χ1n) is 12.5. The van der Waals surface area contributed by atoms with Crippen molar-refractivity contribution in [3.8, 4) is 23.0 Å². The Kier molecular flexibility index (Phi) is 7.04. The number of ketones is 2. The molecule has 0 radical (unpaired) electrons. The number of pyridine rings is 1. The second-order valence-corrected chi connectivity index (χ2v) is 9.75. The molecular weight excluding hydrogens is 504 g/mol. The molecule has 0 amide bonds. The molecule has 1 heterocycles. The van der Waals surface area contributed by atoms with Crippen LogP contribution in [0.15, 0.2) is 60.8 Å². The van der Waals surface area contributed by atoms with Gasteiger partial charge < -0.3 is 14.2 Å². The molecule has 0 unspecified atom stereocenters. The zero-order chi connectivity index (χ0) is 27.7. The second kappa shape index (κ2) is 10.4. The van der Waals surface area contributed by atoms with E-state index in [0.29, 0.717) is 57.7 Å². The number of Topliss-reactive ketones (excluding diaryl/α,β-unsaturated/α-hetero) is 2. The summed E-state index contributed by atoms with van der Waals surface area (Å²) in [4.78, 5) is 30.5. The summed E-state index contributed by atoms with van der Waals surface area (Å²) in [5, 5.41) is 0.613. The lowest BCUT2D eigenvalue weighted by atomic mass is 9.87. The molecule has 0 bridgehead atoms. The summed E-state index contributed by atoms with van der Waals surface area (Å²) >= 11 is 0. The SMILES string of the molecule is COc1cc2nccc(Oc3cc(C)c(CC(=O)C4(C(=O)Cc5ccc(F)cc5)CC4)cc3F)c2cc1OC. The molecule has 1 aliphatic carbocycles. The van der Waals surface area contributed by atoms with E-state index in [9.17, 15) is 14.0 Å². The Morgan fingerprint density at radius 1 is 0.846 bits per heavy atom. The van der Waals surface area contributed by atoms with Crippen LogP contribution in [0.5, 0.6) is 23.0 Å². The largest absolute Gasteiger partial charge is 0.493 e. The molecule has 3 aromatic carbocycles. The van der Waals surface area contributed by atoms with Crippen molar-refractivity contribution in [2.75, 3.05) is 14.2 Å². The zero-order valence-corrected chi connectivity index (χ0v) is 21.8. The number of aryl methyl sites for hydroxylation is 1. The van der Waals surface area contributed by atoms with Gasteiger partial charge in [0.05, 0.1) is 25.2 Å². The number of hydrogen-bond acceptors (Lipinski definition) is 6. The van der Waals surface area contributed by atoms with Crippen molar-refractivity contribution in [2.24, 2.45) is 5.41 Å². The van der Waals surface area contributed by atoms with Gasteiger partial charge in [0, 0.05) is 30.5 Å². The van der Waals surface area contributed by atoms with Crippen LogP contribution in [0.25, 0.3) is 10.9 Å². The van der Waals surface area contributed by atoms with E-state index in [0.717, 1.165) is 0 Å². The van der Waals surface area contributed by atoms with E-state index in [1.165, 1.54) is 32.4 Å². The van der Waals surface area contributed by atoms with Gasteiger partial charge in [-0.15, -0.1) is 0 Å². The Bertz CT molecular complexity index is 1580. The number of carbonyl (C=O) groups excluding carboxylic acids is 2. The van der Waals surface area contributed by atoms with E-state index in [1.807, 2.05) is 0 Å². The van der Waals surface area contributed by atoms with E-state index in [4.69, 9.17) is 14.2 Å². The first-order chi connectivity index (χ1) is 18.7. The highest BCUT2D eigenvalue weighted by Crippen LogP contribution is 2.49. The van der Waals surface area contributed by atoms with Crippen LogP contribution in [-0.2, 0) is 22.4 Å². The van der Waals surface area contributed by atoms with Gasteiger partial charge in [0.2, 0.25) is 0 Å². The highest BCUT2D eigenvalue weighted by Gasteiger charge is 2.54.